The van der Waals surface area contributed by atoms with E-state index in [1.165, 1.54) is 19.1 Å². The molecule has 2 aliphatic rings. The molecule has 0 aromatic carbocycles. The van der Waals surface area contributed by atoms with Gasteiger partial charge in [-0.2, -0.15) is 0 Å². The third-order valence-corrected chi connectivity index (χ3v) is 4.89. The molecule has 0 aromatic rings. The molecular weight excluding hydrogens is 236 g/mol. The zero-order chi connectivity index (χ0) is 12.5. The Labute approximate surface area is 105 Å². The standard InChI is InChI=1S/C12H24N2O2S/c1-10-5-6-13-12(11-3-4-11)9-14(10)7-8-17(2,15)16/h10-13H,3-9H2,1-2H3. The normalized spacial score (nSPS) is 32.4. The van der Waals surface area contributed by atoms with Gasteiger partial charge in [0.05, 0.1) is 5.75 Å². The van der Waals surface area contributed by atoms with E-state index in [9.17, 15) is 8.42 Å². The van der Waals surface area contributed by atoms with Crippen LogP contribution in [0.15, 0.2) is 0 Å². The van der Waals surface area contributed by atoms with Gasteiger partial charge in [0.25, 0.3) is 0 Å². The summed E-state index contributed by atoms with van der Waals surface area (Å²) in [5.41, 5.74) is 0. The van der Waals surface area contributed by atoms with E-state index in [1.54, 1.807) is 0 Å². The molecule has 0 bridgehead atoms. The van der Waals surface area contributed by atoms with Gasteiger partial charge in [-0.15, -0.1) is 0 Å². The molecule has 0 radical (unpaired) electrons. The van der Waals surface area contributed by atoms with Crippen molar-refractivity contribution in [2.24, 2.45) is 5.92 Å². The zero-order valence-corrected chi connectivity index (χ0v) is 11.7. The number of hydrogen-bond donors (Lipinski definition) is 1. The van der Waals surface area contributed by atoms with Crippen molar-refractivity contribution in [1.29, 1.82) is 0 Å². The fourth-order valence-corrected chi connectivity index (χ4v) is 3.13. The van der Waals surface area contributed by atoms with Crippen LogP contribution in [0.25, 0.3) is 0 Å². The summed E-state index contributed by atoms with van der Waals surface area (Å²) in [6, 6.07) is 1.08. The summed E-state index contributed by atoms with van der Waals surface area (Å²) >= 11 is 0. The molecule has 1 saturated carbocycles. The molecule has 0 spiro atoms. The Balaban J connectivity index is 1.91. The molecule has 100 valence electrons. The van der Waals surface area contributed by atoms with E-state index < -0.39 is 9.84 Å². The third-order valence-electron chi connectivity index (χ3n) is 3.96. The van der Waals surface area contributed by atoms with Crippen LogP contribution in [0.4, 0.5) is 0 Å². The van der Waals surface area contributed by atoms with Gasteiger partial charge in [0.15, 0.2) is 0 Å². The first kappa shape index (κ1) is 13.3. The number of hydrogen-bond acceptors (Lipinski definition) is 4. The van der Waals surface area contributed by atoms with Gasteiger partial charge >= 0.3 is 0 Å². The Morgan fingerprint density at radius 1 is 1.29 bits per heavy atom. The summed E-state index contributed by atoms with van der Waals surface area (Å²) in [5, 5.41) is 3.61. The largest absolute Gasteiger partial charge is 0.312 e. The summed E-state index contributed by atoms with van der Waals surface area (Å²) in [6.45, 7) is 4.98. The van der Waals surface area contributed by atoms with E-state index in [0.29, 0.717) is 18.6 Å². The Morgan fingerprint density at radius 3 is 2.59 bits per heavy atom. The Kier molecular flexibility index (Phi) is 4.10. The minimum atomic E-state index is -2.84. The average molecular weight is 260 g/mol. The van der Waals surface area contributed by atoms with E-state index >= 15 is 0 Å². The van der Waals surface area contributed by atoms with Crippen molar-refractivity contribution >= 4 is 9.84 Å². The molecule has 1 N–H and O–H groups in total. The van der Waals surface area contributed by atoms with Crippen molar-refractivity contribution in [2.75, 3.05) is 31.6 Å². The van der Waals surface area contributed by atoms with Crippen LogP contribution in [-0.2, 0) is 9.84 Å². The second kappa shape index (κ2) is 5.24. The van der Waals surface area contributed by atoms with Gasteiger partial charge < -0.3 is 5.32 Å². The maximum absolute atomic E-state index is 11.3. The monoisotopic (exact) mass is 260 g/mol. The quantitative estimate of drug-likeness (QED) is 0.799. The van der Waals surface area contributed by atoms with Crippen molar-refractivity contribution in [1.82, 2.24) is 10.2 Å². The van der Waals surface area contributed by atoms with Gasteiger partial charge in [0.2, 0.25) is 0 Å². The average Bonchev–Trinajstić information content (AvgIpc) is 3.01. The molecule has 5 heteroatoms. The van der Waals surface area contributed by atoms with Crippen molar-refractivity contribution < 1.29 is 8.42 Å². The van der Waals surface area contributed by atoms with Gasteiger partial charge in [-0.3, -0.25) is 4.90 Å². The minimum absolute atomic E-state index is 0.286. The predicted molar refractivity (Wildman–Crippen MR) is 69.9 cm³/mol. The molecule has 1 heterocycles. The van der Waals surface area contributed by atoms with Gasteiger partial charge in [-0.25, -0.2) is 8.42 Å². The van der Waals surface area contributed by atoms with Crippen molar-refractivity contribution in [2.45, 2.75) is 38.3 Å². The number of nitrogens with one attached hydrogen (secondary N) is 1. The van der Waals surface area contributed by atoms with Gasteiger partial charge in [-0.05, 0) is 38.6 Å². The molecule has 17 heavy (non-hydrogen) atoms. The summed E-state index contributed by atoms with van der Waals surface area (Å²) in [5.74, 6) is 1.12. The first-order valence-electron chi connectivity index (χ1n) is 6.61. The molecular formula is C12H24N2O2S. The fourth-order valence-electron chi connectivity index (χ4n) is 2.57. The lowest BCUT2D eigenvalue weighted by molar-refractivity contribution is 0.211. The van der Waals surface area contributed by atoms with Crippen LogP contribution in [0.5, 0.6) is 0 Å². The van der Waals surface area contributed by atoms with E-state index in [4.69, 9.17) is 0 Å². The fraction of sp³-hybridized carbons (Fsp3) is 1.00. The second-order valence-corrected chi connectivity index (χ2v) is 7.92. The van der Waals surface area contributed by atoms with Crippen LogP contribution >= 0.6 is 0 Å². The lowest BCUT2D eigenvalue weighted by atomic mass is 10.1. The Bertz CT molecular complexity index is 352. The van der Waals surface area contributed by atoms with E-state index in [2.05, 4.69) is 17.1 Å². The number of sulfone groups is 1. The number of nitrogens with zero attached hydrogens (tertiary/aromatic N) is 1. The van der Waals surface area contributed by atoms with Crippen molar-refractivity contribution in [3.05, 3.63) is 0 Å². The van der Waals surface area contributed by atoms with Gasteiger partial charge in [0.1, 0.15) is 9.84 Å². The van der Waals surface area contributed by atoms with E-state index in [1.807, 2.05) is 0 Å². The molecule has 1 aliphatic carbocycles. The SMILES string of the molecule is CC1CCNC(C2CC2)CN1CCS(C)(=O)=O. The second-order valence-electron chi connectivity index (χ2n) is 5.66. The topological polar surface area (TPSA) is 49.4 Å². The Morgan fingerprint density at radius 2 is 2.00 bits per heavy atom. The molecule has 1 saturated heterocycles. The third kappa shape index (κ3) is 4.23. The van der Waals surface area contributed by atoms with Gasteiger partial charge in [-0.1, -0.05) is 0 Å². The van der Waals surface area contributed by atoms with Crippen LogP contribution in [0.3, 0.4) is 0 Å². The molecule has 0 amide bonds. The highest BCUT2D eigenvalue weighted by molar-refractivity contribution is 7.90. The van der Waals surface area contributed by atoms with Gasteiger partial charge in [0, 0.05) is 31.4 Å². The molecule has 2 atom stereocenters. The maximum Gasteiger partial charge on any atom is 0.148 e. The van der Waals surface area contributed by atoms with Crippen molar-refractivity contribution in [3.63, 3.8) is 0 Å². The van der Waals surface area contributed by atoms with Crippen LogP contribution in [0.2, 0.25) is 0 Å². The lowest BCUT2D eigenvalue weighted by Crippen LogP contribution is -2.43. The summed E-state index contributed by atoms with van der Waals surface area (Å²) in [4.78, 5) is 2.35. The first-order valence-corrected chi connectivity index (χ1v) is 8.67. The van der Waals surface area contributed by atoms with Crippen LogP contribution in [-0.4, -0.2) is 57.0 Å². The minimum Gasteiger partial charge on any atom is -0.312 e. The maximum atomic E-state index is 11.3. The number of rotatable bonds is 4. The smallest absolute Gasteiger partial charge is 0.148 e. The first-order chi connectivity index (χ1) is 7.96. The van der Waals surface area contributed by atoms with Crippen LogP contribution in [0, 0.1) is 5.92 Å². The molecule has 2 fully saturated rings. The zero-order valence-electron chi connectivity index (χ0n) is 10.9. The summed E-state index contributed by atoms with van der Waals surface area (Å²) in [6.07, 6.45) is 5.12. The molecule has 0 aromatic heterocycles. The molecule has 1 aliphatic heterocycles. The highest BCUT2D eigenvalue weighted by Gasteiger charge is 2.34. The highest BCUT2D eigenvalue weighted by atomic mass is 32.2. The molecule has 2 rings (SSSR count). The lowest BCUT2D eigenvalue weighted by Gasteiger charge is -2.28. The van der Waals surface area contributed by atoms with Crippen molar-refractivity contribution in [3.8, 4) is 0 Å². The van der Waals surface area contributed by atoms with Crippen LogP contribution < -0.4 is 5.32 Å². The summed E-state index contributed by atoms with van der Waals surface area (Å²) in [7, 11) is -2.84. The highest BCUT2D eigenvalue weighted by Crippen LogP contribution is 2.33. The predicted octanol–water partition coefficient (Wildman–Crippen LogP) is 0.493. The van der Waals surface area contributed by atoms with E-state index in [-0.39, 0.29) is 5.75 Å². The molecule has 4 nitrogen and oxygen atoms in total. The summed E-state index contributed by atoms with van der Waals surface area (Å²) < 4.78 is 22.5. The Hall–Kier alpha value is -0.130. The van der Waals surface area contributed by atoms with E-state index in [0.717, 1.165) is 25.4 Å². The van der Waals surface area contributed by atoms with Crippen LogP contribution in [0.1, 0.15) is 26.2 Å². The molecule has 2 unspecified atom stereocenters.